The van der Waals surface area contributed by atoms with Gasteiger partial charge in [0.05, 0.1) is 5.02 Å². The number of aldehydes is 1. The fourth-order valence-electron chi connectivity index (χ4n) is 1.40. The van der Waals surface area contributed by atoms with E-state index >= 15 is 0 Å². The summed E-state index contributed by atoms with van der Waals surface area (Å²) in [6.07, 6.45) is 0.0320. The smallest absolute Gasteiger partial charge is 0.261 e. The molecule has 1 rings (SSSR count). The third-order valence-corrected chi connectivity index (χ3v) is 2.56. The van der Waals surface area contributed by atoms with Crippen LogP contribution in [0.1, 0.15) is 38.1 Å². The van der Waals surface area contributed by atoms with Gasteiger partial charge in [0, 0.05) is 11.1 Å². The van der Waals surface area contributed by atoms with Crippen LogP contribution in [0.4, 0.5) is 0 Å². The van der Waals surface area contributed by atoms with Crippen molar-refractivity contribution < 1.29 is 14.3 Å². The second kappa shape index (κ2) is 6.06. The zero-order valence-corrected chi connectivity index (χ0v) is 12.2. The van der Waals surface area contributed by atoms with Crippen LogP contribution in [-0.2, 0) is 4.79 Å². The number of hydrogen-bond donors (Lipinski definition) is 1. The van der Waals surface area contributed by atoms with E-state index in [9.17, 15) is 9.59 Å². The van der Waals surface area contributed by atoms with Gasteiger partial charge in [-0.2, -0.15) is 0 Å². The van der Waals surface area contributed by atoms with Crippen LogP contribution < -0.4 is 10.1 Å². The number of benzene rings is 1. The van der Waals surface area contributed by atoms with Gasteiger partial charge < -0.3 is 10.1 Å². The molecule has 0 bridgehead atoms. The molecule has 5 heteroatoms. The molecule has 1 atom stereocenters. The van der Waals surface area contributed by atoms with Gasteiger partial charge in [-0.3, -0.25) is 9.59 Å². The van der Waals surface area contributed by atoms with E-state index in [1.54, 1.807) is 19.1 Å². The maximum atomic E-state index is 11.9. The van der Waals surface area contributed by atoms with E-state index in [1.807, 2.05) is 20.8 Å². The molecule has 1 aromatic rings. The van der Waals surface area contributed by atoms with Crippen LogP contribution >= 0.6 is 11.6 Å². The van der Waals surface area contributed by atoms with Crippen molar-refractivity contribution in [2.45, 2.75) is 39.3 Å². The number of nitrogens with one attached hydrogen (secondary N) is 1. The highest BCUT2D eigenvalue weighted by Crippen LogP contribution is 2.26. The molecule has 0 aromatic heterocycles. The first-order chi connectivity index (χ1) is 8.73. The summed E-state index contributed by atoms with van der Waals surface area (Å²) in [5, 5.41) is 3.12. The molecule has 0 radical (unpaired) electrons. The molecule has 0 saturated carbocycles. The third kappa shape index (κ3) is 4.91. The van der Waals surface area contributed by atoms with Crippen molar-refractivity contribution in [2.75, 3.05) is 0 Å². The normalized spacial score (nSPS) is 12.7. The van der Waals surface area contributed by atoms with Crippen molar-refractivity contribution in [3.8, 4) is 5.75 Å². The Hall–Kier alpha value is -1.55. The van der Waals surface area contributed by atoms with Crippen molar-refractivity contribution in [1.82, 2.24) is 5.32 Å². The second-order valence-electron chi connectivity index (χ2n) is 5.31. The van der Waals surface area contributed by atoms with Crippen LogP contribution in [0.3, 0.4) is 0 Å². The molecule has 1 N–H and O–H groups in total. The summed E-state index contributed by atoms with van der Waals surface area (Å²) < 4.78 is 5.49. The first kappa shape index (κ1) is 15.5. The minimum absolute atomic E-state index is 0.219. The Balaban J connectivity index is 2.74. The van der Waals surface area contributed by atoms with E-state index < -0.39 is 6.10 Å². The summed E-state index contributed by atoms with van der Waals surface area (Å²) in [4.78, 5) is 22.5. The predicted molar refractivity (Wildman–Crippen MR) is 74.8 cm³/mol. The molecule has 19 heavy (non-hydrogen) atoms. The Labute approximate surface area is 118 Å². The molecule has 1 aromatic carbocycles. The van der Waals surface area contributed by atoms with Crippen LogP contribution in [0.5, 0.6) is 5.75 Å². The molecular formula is C14H18ClNO3. The molecule has 0 heterocycles. The molecule has 4 nitrogen and oxygen atoms in total. The molecule has 0 aliphatic carbocycles. The molecular weight excluding hydrogens is 266 g/mol. The largest absolute Gasteiger partial charge is 0.479 e. The lowest BCUT2D eigenvalue weighted by molar-refractivity contribution is -0.128. The van der Waals surface area contributed by atoms with Gasteiger partial charge in [0.15, 0.2) is 6.10 Å². The van der Waals surface area contributed by atoms with Crippen LogP contribution in [0.15, 0.2) is 18.2 Å². The first-order valence-corrected chi connectivity index (χ1v) is 6.34. The van der Waals surface area contributed by atoms with Crippen molar-refractivity contribution >= 4 is 23.8 Å². The summed E-state index contributed by atoms with van der Waals surface area (Å²) in [5.41, 5.74) is 0.143. The van der Waals surface area contributed by atoms with Gasteiger partial charge >= 0.3 is 0 Å². The van der Waals surface area contributed by atoms with Crippen molar-refractivity contribution in [3.63, 3.8) is 0 Å². The van der Waals surface area contributed by atoms with Crippen LogP contribution in [0.25, 0.3) is 0 Å². The number of halogens is 1. The third-order valence-electron chi connectivity index (χ3n) is 2.26. The summed E-state index contributed by atoms with van der Waals surface area (Å²) in [6, 6.07) is 4.66. The Kier molecular flexibility index (Phi) is 4.95. The van der Waals surface area contributed by atoms with Gasteiger partial charge in [-0.05, 0) is 45.9 Å². The first-order valence-electron chi connectivity index (χ1n) is 5.96. The molecule has 1 unspecified atom stereocenters. The van der Waals surface area contributed by atoms with Gasteiger partial charge in [0.1, 0.15) is 12.0 Å². The van der Waals surface area contributed by atoms with Gasteiger partial charge in [0.2, 0.25) is 0 Å². The molecule has 0 aliphatic rings. The van der Waals surface area contributed by atoms with E-state index in [1.165, 1.54) is 6.07 Å². The Morgan fingerprint density at radius 2 is 2.05 bits per heavy atom. The average molecular weight is 284 g/mol. The molecule has 0 fully saturated rings. The summed E-state index contributed by atoms with van der Waals surface area (Å²) in [5.74, 6) is 0.159. The van der Waals surface area contributed by atoms with Crippen LogP contribution in [0.2, 0.25) is 5.02 Å². The van der Waals surface area contributed by atoms with E-state index in [0.717, 1.165) is 0 Å². The van der Waals surface area contributed by atoms with E-state index in [0.29, 0.717) is 22.6 Å². The number of hydrogen-bond acceptors (Lipinski definition) is 3. The lowest BCUT2D eigenvalue weighted by atomic mass is 10.1. The van der Waals surface area contributed by atoms with Crippen molar-refractivity contribution in [1.29, 1.82) is 0 Å². The maximum Gasteiger partial charge on any atom is 0.261 e. The minimum atomic E-state index is -0.668. The number of ether oxygens (including phenoxy) is 1. The molecule has 1 amide bonds. The lowest BCUT2D eigenvalue weighted by Crippen LogP contribution is -2.46. The lowest BCUT2D eigenvalue weighted by Gasteiger charge is -2.23. The average Bonchev–Trinajstić information content (AvgIpc) is 2.29. The Morgan fingerprint density at radius 3 is 2.53 bits per heavy atom. The Bertz CT molecular complexity index is 480. The van der Waals surface area contributed by atoms with Crippen molar-refractivity contribution in [3.05, 3.63) is 28.8 Å². The standard InChI is InChI=1S/C14H18ClNO3/c1-9(13(18)16-14(2,3)4)19-12-6-5-10(8-17)7-11(12)15/h5-9H,1-4H3,(H,16,18). The maximum absolute atomic E-state index is 11.9. The monoisotopic (exact) mass is 283 g/mol. The Morgan fingerprint density at radius 1 is 1.42 bits per heavy atom. The number of rotatable bonds is 4. The summed E-state index contributed by atoms with van der Waals surface area (Å²) in [6.45, 7) is 7.32. The van der Waals surface area contributed by atoms with Gasteiger partial charge in [0.25, 0.3) is 5.91 Å². The minimum Gasteiger partial charge on any atom is -0.479 e. The fourth-order valence-corrected chi connectivity index (χ4v) is 1.63. The van der Waals surface area contributed by atoms with Crippen LogP contribution in [-0.4, -0.2) is 23.8 Å². The molecule has 0 aliphatic heterocycles. The fraction of sp³-hybridized carbons (Fsp3) is 0.429. The highest BCUT2D eigenvalue weighted by atomic mass is 35.5. The van der Waals surface area contributed by atoms with Gasteiger partial charge in [-0.1, -0.05) is 11.6 Å². The highest BCUT2D eigenvalue weighted by Gasteiger charge is 2.21. The topological polar surface area (TPSA) is 55.4 Å². The number of amides is 1. The highest BCUT2D eigenvalue weighted by molar-refractivity contribution is 6.32. The van der Waals surface area contributed by atoms with Crippen LogP contribution in [0, 0.1) is 0 Å². The molecule has 104 valence electrons. The predicted octanol–water partition coefficient (Wildman–Crippen LogP) is 2.83. The summed E-state index contributed by atoms with van der Waals surface area (Å²) in [7, 11) is 0. The van der Waals surface area contributed by atoms with Gasteiger partial charge in [-0.15, -0.1) is 0 Å². The molecule has 0 spiro atoms. The molecule has 0 saturated heterocycles. The zero-order chi connectivity index (χ0) is 14.6. The van der Waals surface area contributed by atoms with Crippen molar-refractivity contribution in [2.24, 2.45) is 0 Å². The van der Waals surface area contributed by atoms with E-state index in [2.05, 4.69) is 5.32 Å². The number of carbonyl (C=O) groups is 2. The second-order valence-corrected chi connectivity index (χ2v) is 5.71. The van der Waals surface area contributed by atoms with E-state index in [4.69, 9.17) is 16.3 Å². The van der Waals surface area contributed by atoms with E-state index in [-0.39, 0.29) is 11.4 Å². The van der Waals surface area contributed by atoms with Gasteiger partial charge in [-0.25, -0.2) is 0 Å². The number of carbonyl (C=O) groups excluding carboxylic acids is 2. The zero-order valence-electron chi connectivity index (χ0n) is 11.5. The quantitative estimate of drug-likeness (QED) is 0.865. The summed E-state index contributed by atoms with van der Waals surface area (Å²) >= 11 is 5.97. The SMILES string of the molecule is CC(Oc1ccc(C=O)cc1Cl)C(=O)NC(C)(C)C.